The molecule has 1 N–H and O–H groups in total. The Bertz CT molecular complexity index is 334. The zero-order valence-electron chi connectivity index (χ0n) is 9.34. The van der Waals surface area contributed by atoms with Crippen LogP contribution in [0.15, 0.2) is 18.3 Å². The molecular formula is C11H15NO4. The minimum atomic E-state index is -0.416. The van der Waals surface area contributed by atoms with Crippen LogP contribution in [-0.4, -0.2) is 28.8 Å². The number of pyridine rings is 1. The molecule has 16 heavy (non-hydrogen) atoms. The summed E-state index contributed by atoms with van der Waals surface area (Å²) < 4.78 is 10.0. The van der Waals surface area contributed by atoms with Crippen molar-refractivity contribution in [3.05, 3.63) is 24.0 Å². The normalized spacial score (nSPS) is 10.2. The van der Waals surface area contributed by atoms with Crippen molar-refractivity contribution in [2.24, 2.45) is 0 Å². The predicted molar refractivity (Wildman–Crippen MR) is 56.9 cm³/mol. The summed E-state index contributed by atoms with van der Waals surface area (Å²) in [6, 6.07) is 3.27. The second-order valence-electron chi connectivity index (χ2n) is 3.47. The molecule has 0 aliphatic heterocycles. The SMILES string of the molecule is CC(C)OC(=O)COc1ccc(CO)nc1. The van der Waals surface area contributed by atoms with E-state index in [1.165, 1.54) is 6.20 Å². The molecule has 0 aliphatic rings. The summed E-state index contributed by atoms with van der Waals surface area (Å²) in [7, 11) is 0. The second-order valence-corrected chi connectivity index (χ2v) is 3.47. The van der Waals surface area contributed by atoms with Gasteiger partial charge in [0.25, 0.3) is 0 Å². The van der Waals surface area contributed by atoms with E-state index in [0.717, 1.165) is 0 Å². The zero-order chi connectivity index (χ0) is 12.0. The van der Waals surface area contributed by atoms with E-state index in [2.05, 4.69) is 4.98 Å². The molecule has 5 nitrogen and oxygen atoms in total. The first-order valence-corrected chi connectivity index (χ1v) is 5.00. The Kier molecular flexibility index (Phi) is 4.72. The number of aromatic nitrogens is 1. The van der Waals surface area contributed by atoms with Crippen LogP contribution in [0.4, 0.5) is 0 Å². The third kappa shape index (κ3) is 4.27. The Morgan fingerprint density at radius 2 is 2.25 bits per heavy atom. The molecule has 1 aromatic rings. The Balaban J connectivity index is 2.39. The third-order valence-corrected chi connectivity index (χ3v) is 1.68. The zero-order valence-corrected chi connectivity index (χ0v) is 9.34. The van der Waals surface area contributed by atoms with E-state index in [9.17, 15) is 4.79 Å². The summed E-state index contributed by atoms with van der Waals surface area (Å²) in [4.78, 5) is 15.1. The minimum Gasteiger partial charge on any atom is -0.480 e. The summed E-state index contributed by atoms with van der Waals surface area (Å²) in [5, 5.41) is 8.77. The molecule has 0 spiro atoms. The monoisotopic (exact) mass is 225 g/mol. The number of hydrogen-bond donors (Lipinski definition) is 1. The molecule has 0 saturated carbocycles. The van der Waals surface area contributed by atoms with Crippen LogP contribution in [0.3, 0.4) is 0 Å². The lowest BCUT2D eigenvalue weighted by Gasteiger charge is -2.09. The molecule has 5 heteroatoms. The average molecular weight is 225 g/mol. The smallest absolute Gasteiger partial charge is 0.344 e. The maximum atomic E-state index is 11.1. The first kappa shape index (κ1) is 12.4. The highest BCUT2D eigenvalue weighted by molar-refractivity contribution is 5.71. The number of aliphatic hydroxyl groups excluding tert-OH is 1. The third-order valence-electron chi connectivity index (χ3n) is 1.68. The van der Waals surface area contributed by atoms with Crippen LogP contribution >= 0.6 is 0 Å². The molecule has 88 valence electrons. The van der Waals surface area contributed by atoms with Gasteiger partial charge in [0.05, 0.1) is 24.6 Å². The number of nitrogens with zero attached hydrogens (tertiary/aromatic N) is 1. The number of ether oxygens (including phenoxy) is 2. The van der Waals surface area contributed by atoms with Crippen LogP contribution in [-0.2, 0) is 16.1 Å². The van der Waals surface area contributed by atoms with Gasteiger partial charge in [-0.25, -0.2) is 4.79 Å². The molecule has 1 rings (SSSR count). The number of hydrogen-bond acceptors (Lipinski definition) is 5. The average Bonchev–Trinajstić information content (AvgIpc) is 2.26. The van der Waals surface area contributed by atoms with Crippen molar-refractivity contribution >= 4 is 5.97 Å². The molecule has 0 bridgehead atoms. The van der Waals surface area contributed by atoms with Gasteiger partial charge in [-0.3, -0.25) is 4.98 Å². The Morgan fingerprint density at radius 3 is 2.75 bits per heavy atom. The summed E-state index contributed by atoms with van der Waals surface area (Å²) in [5.74, 6) is 0.0548. The van der Waals surface area contributed by atoms with E-state index in [0.29, 0.717) is 11.4 Å². The standard InChI is InChI=1S/C11H15NO4/c1-8(2)16-11(14)7-15-10-4-3-9(6-13)12-5-10/h3-5,8,13H,6-7H2,1-2H3. The Morgan fingerprint density at radius 1 is 1.50 bits per heavy atom. The molecule has 0 fully saturated rings. The van der Waals surface area contributed by atoms with E-state index < -0.39 is 5.97 Å². The van der Waals surface area contributed by atoms with Crippen molar-refractivity contribution < 1.29 is 19.4 Å². The van der Waals surface area contributed by atoms with Crippen molar-refractivity contribution in [1.29, 1.82) is 0 Å². The van der Waals surface area contributed by atoms with E-state index in [1.807, 2.05) is 0 Å². The summed E-state index contributed by atoms with van der Waals surface area (Å²) in [6.07, 6.45) is 1.31. The number of rotatable bonds is 5. The van der Waals surface area contributed by atoms with Gasteiger partial charge in [0.15, 0.2) is 6.61 Å². The number of carbonyl (C=O) groups is 1. The van der Waals surface area contributed by atoms with Crippen LogP contribution in [0.1, 0.15) is 19.5 Å². The van der Waals surface area contributed by atoms with Crippen LogP contribution in [0.25, 0.3) is 0 Å². The van der Waals surface area contributed by atoms with Crippen molar-refractivity contribution in [2.45, 2.75) is 26.6 Å². The Labute approximate surface area is 94.0 Å². The largest absolute Gasteiger partial charge is 0.480 e. The first-order chi connectivity index (χ1) is 7.61. The van der Waals surface area contributed by atoms with Crippen molar-refractivity contribution in [1.82, 2.24) is 4.98 Å². The van der Waals surface area contributed by atoms with Gasteiger partial charge in [-0.15, -0.1) is 0 Å². The first-order valence-electron chi connectivity index (χ1n) is 5.00. The lowest BCUT2D eigenvalue weighted by Crippen LogP contribution is -2.18. The van der Waals surface area contributed by atoms with Gasteiger partial charge in [-0.1, -0.05) is 0 Å². The maximum absolute atomic E-state index is 11.1. The fourth-order valence-corrected chi connectivity index (χ4v) is 1.03. The molecule has 1 heterocycles. The molecule has 0 unspecified atom stereocenters. The molecule has 0 amide bonds. The van der Waals surface area contributed by atoms with Gasteiger partial charge in [0, 0.05) is 0 Å². The summed E-state index contributed by atoms with van der Waals surface area (Å²) in [6.45, 7) is 3.29. The molecule has 0 saturated heterocycles. The van der Waals surface area contributed by atoms with E-state index in [4.69, 9.17) is 14.6 Å². The molecule has 0 radical (unpaired) electrons. The highest BCUT2D eigenvalue weighted by atomic mass is 16.6. The molecule has 0 atom stereocenters. The van der Waals surface area contributed by atoms with Crippen molar-refractivity contribution in [3.8, 4) is 5.75 Å². The number of aliphatic hydroxyl groups is 1. The van der Waals surface area contributed by atoms with Crippen LogP contribution in [0, 0.1) is 0 Å². The Hall–Kier alpha value is -1.62. The topological polar surface area (TPSA) is 68.7 Å². The highest BCUT2D eigenvalue weighted by Crippen LogP contribution is 2.09. The highest BCUT2D eigenvalue weighted by Gasteiger charge is 2.06. The quantitative estimate of drug-likeness (QED) is 0.754. The molecular weight excluding hydrogens is 210 g/mol. The molecule has 0 aromatic carbocycles. The van der Waals surface area contributed by atoms with Crippen LogP contribution in [0.5, 0.6) is 5.75 Å². The van der Waals surface area contributed by atoms with Gasteiger partial charge >= 0.3 is 5.97 Å². The molecule has 0 aliphatic carbocycles. The van der Waals surface area contributed by atoms with Crippen LogP contribution < -0.4 is 4.74 Å². The maximum Gasteiger partial charge on any atom is 0.344 e. The van der Waals surface area contributed by atoms with Gasteiger partial charge in [0.2, 0.25) is 0 Å². The fraction of sp³-hybridized carbons (Fsp3) is 0.455. The number of esters is 1. The fourth-order valence-electron chi connectivity index (χ4n) is 1.03. The van der Waals surface area contributed by atoms with Gasteiger partial charge < -0.3 is 14.6 Å². The van der Waals surface area contributed by atoms with E-state index in [-0.39, 0.29) is 19.3 Å². The summed E-state index contributed by atoms with van der Waals surface area (Å²) in [5.41, 5.74) is 0.553. The van der Waals surface area contributed by atoms with Crippen LogP contribution in [0.2, 0.25) is 0 Å². The van der Waals surface area contributed by atoms with Gasteiger partial charge in [0.1, 0.15) is 5.75 Å². The van der Waals surface area contributed by atoms with Crippen molar-refractivity contribution in [2.75, 3.05) is 6.61 Å². The van der Waals surface area contributed by atoms with E-state index in [1.54, 1.807) is 26.0 Å². The lowest BCUT2D eigenvalue weighted by molar-refractivity contribution is -0.149. The minimum absolute atomic E-state index is 0.115. The molecule has 1 aromatic heterocycles. The lowest BCUT2D eigenvalue weighted by atomic mass is 10.3. The second kappa shape index (κ2) is 6.07. The van der Waals surface area contributed by atoms with Gasteiger partial charge in [-0.2, -0.15) is 0 Å². The van der Waals surface area contributed by atoms with E-state index >= 15 is 0 Å². The summed E-state index contributed by atoms with van der Waals surface area (Å²) >= 11 is 0. The predicted octanol–water partition coefficient (Wildman–Crippen LogP) is 0.904. The van der Waals surface area contributed by atoms with Crippen molar-refractivity contribution in [3.63, 3.8) is 0 Å². The number of carbonyl (C=O) groups excluding carboxylic acids is 1. The van der Waals surface area contributed by atoms with Gasteiger partial charge in [-0.05, 0) is 26.0 Å².